The van der Waals surface area contributed by atoms with Crippen molar-refractivity contribution in [3.05, 3.63) is 87.9 Å². The zero-order chi connectivity index (χ0) is 31.2. The van der Waals surface area contributed by atoms with Gasteiger partial charge in [-0.15, -0.1) is 11.3 Å². The van der Waals surface area contributed by atoms with Gasteiger partial charge < -0.3 is 10.1 Å². The minimum atomic E-state index is -0.617. The maximum absolute atomic E-state index is 12.1. The molecule has 6 rings (SSSR count). The van der Waals surface area contributed by atoms with E-state index in [1.807, 2.05) is 0 Å². The van der Waals surface area contributed by atoms with E-state index in [-0.39, 0.29) is 0 Å². The Morgan fingerprint density at radius 2 is 1.67 bits per heavy atom. The van der Waals surface area contributed by atoms with Crippen molar-refractivity contribution in [1.82, 2.24) is 14.9 Å². The maximum atomic E-state index is 12.1. The highest BCUT2D eigenvalue weighted by Crippen LogP contribution is 2.38. The molecule has 1 aliphatic heterocycles. The average Bonchev–Trinajstić information content (AvgIpc) is 3.74. The Hall–Kier alpha value is -3.22. The first-order chi connectivity index (χ1) is 21.9. The highest BCUT2D eigenvalue weighted by atomic mass is 32.1. The van der Waals surface area contributed by atoms with Crippen LogP contribution in [0.15, 0.2) is 66.2 Å². The van der Waals surface area contributed by atoms with Gasteiger partial charge in [0.15, 0.2) is 0 Å². The van der Waals surface area contributed by atoms with Crippen LogP contribution in [0.2, 0.25) is 0 Å². The number of piperidine rings is 1. The second-order valence-electron chi connectivity index (χ2n) is 14.0. The largest absolute Gasteiger partial charge is 0.481 e. The summed E-state index contributed by atoms with van der Waals surface area (Å²) in [5.74, 6) is 0.686. The molecule has 6 heteroatoms. The lowest BCUT2D eigenvalue weighted by Crippen LogP contribution is -2.44. The van der Waals surface area contributed by atoms with Gasteiger partial charge in [-0.05, 0) is 105 Å². The minimum Gasteiger partial charge on any atom is -0.481 e. The van der Waals surface area contributed by atoms with Gasteiger partial charge in [0.25, 0.3) is 0 Å². The fourth-order valence-electron chi connectivity index (χ4n) is 7.23. The first kappa shape index (κ1) is 31.7. The monoisotopic (exact) mass is 623 g/mol. The summed E-state index contributed by atoms with van der Waals surface area (Å²) in [6.07, 6.45) is 14.3. The van der Waals surface area contributed by atoms with Crippen LogP contribution in [0.25, 0.3) is 22.5 Å². The molecule has 0 spiro atoms. The summed E-state index contributed by atoms with van der Waals surface area (Å²) in [4.78, 5) is 22.9. The highest BCUT2D eigenvalue weighted by Gasteiger charge is 2.41. The number of hydrogen-bond donors (Lipinski definition) is 2. The molecule has 1 aliphatic carbocycles. The topological polar surface area (TPSA) is 69.2 Å². The number of aliphatic carboxylic acids is 1. The molecule has 45 heavy (non-hydrogen) atoms. The van der Waals surface area contributed by atoms with Crippen LogP contribution in [-0.2, 0) is 24.2 Å². The first-order valence-corrected chi connectivity index (χ1v) is 18.0. The van der Waals surface area contributed by atoms with E-state index in [1.165, 1.54) is 54.4 Å². The molecule has 3 heterocycles. The predicted molar refractivity (Wildman–Crippen MR) is 186 cm³/mol. The smallest absolute Gasteiger partial charge is 0.309 e. The summed E-state index contributed by atoms with van der Waals surface area (Å²) in [6, 6.07) is 20.4. The number of thiazole rings is 1. The zero-order valence-corrected chi connectivity index (χ0v) is 27.9. The molecule has 0 unspecified atom stereocenters. The molecule has 0 atom stereocenters. The molecular weight excluding hydrogens is 575 g/mol. The molecular formula is C39H49N3O2S. The average molecular weight is 624 g/mol. The van der Waals surface area contributed by atoms with Crippen molar-refractivity contribution < 1.29 is 9.90 Å². The van der Waals surface area contributed by atoms with Crippen molar-refractivity contribution in [3.8, 4) is 22.5 Å². The van der Waals surface area contributed by atoms with E-state index in [4.69, 9.17) is 4.98 Å². The number of carbonyl (C=O) groups is 1. The van der Waals surface area contributed by atoms with Crippen LogP contribution in [0.5, 0.6) is 0 Å². The lowest BCUT2D eigenvalue weighted by Gasteiger charge is -2.39. The summed E-state index contributed by atoms with van der Waals surface area (Å²) in [5, 5.41) is 13.2. The van der Waals surface area contributed by atoms with Gasteiger partial charge in [-0.25, -0.2) is 4.98 Å². The van der Waals surface area contributed by atoms with Gasteiger partial charge in [-0.2, -0.15) is 0 Å². The van der Waals surface area contributed by atoms with Crippen LogP contribution >= 0.6 is 11.3 Å². The van der Waals surface area contributed by atoms with Crippen LogP contribution in [-0.4, -0.2) is 39.0 Å². The number of likely N-dealkylation sites (tertiary alicyclic amines) is 1. The molecule has 0 radical (unpaired) electrons. The van der Waals surface area contributed by atoms with Gasteiger partial charge in [0.1, 0.15) is 5.01 Å². The van der Waals surface area contributed by atoms with Gasteiger partial charge in [-0.3, -0.25) is 9.69 Å². The second kappa shape index (κ2) is 14.5. The summed E-state index contributed by atoms with van der Waals surface area (Å²) in [6.45, 7) is 6.77. The van der Waals surface area contributed by atoms with Crippen molar-refractivity contribution in [2.24, 2.45) is 11.3 Å². The molecule has 238 valence electrons. The maximum Gasteiger partial charge on any atom is 0.309 e. The number of aromatic amines is 1. The van der Waals surface area contributed by atoms with E-state index >= 15 is 0 Å². The Bertz CT molecular complexity index is 1520. The van der Waals surface area contributed by atoms with E-state index in [0.29, 0.717) is 5.92 Å². The Labute approximate surface area is 273 Å². The first-order valence-electron chi connectivity index (χ1n) is 17.1. The van der Waals surface area contributed by atoms with Gasteiger partial charge in [0.2, 0.25) is 0 Å². The number of nitrogens with one attached hydrogen (secondary N) is 1. The fraction of sp³-hybridized carbons (Fsp3) is 0.487. The molecule has 2 aromatic carbocycles. The van der Waals surface area contributed by atoms with Crippen molar-refractivity contribution in [3.63, 3.8) is 0 Å². The molecule has 2 aliphatic rings. The van der Waals surface area contributed by atoms with E-state index in [2.05, 4.69) is 89.9 Å². The Morgan fingerprint density at radius 1 is 0.978 bits per heavy atom. The Morgan fingerprint density at radius 3 is 2.36 bits per heavy atom. The molecule has 5 nitrogen and oxygen atoms in total. The van der Waals surface area contributed by atoms with Crippen LogP contribution in [0.3, 0.4) is 0 Å². The SMILES string of the molecule is CC(C)CCC1(C(=O)O)CCN(Cc2nc(-c3ccc(-c4cc(CCc5ccc(C6CCCCC6)cc5)c[nH]4)cc3)cs2)CC1. The Balaban J connectivity index is 0.998. The van der Waals surface area contributed by atoms with E-state index in [9.17, 15) is 9.90 Å². The van der Waals surface area contributed by atoms with Crippen LogP contribution in [0.1, 0.15) is 99.3 Å². The predicted octanol–water partition coefficient (Wildman–Crippen LogP) is 9.74. The number of nitrogens with zero attached hydrogens (tertiary/aromatic N) is 2. The quantitative estimate of drug-likeness (QED) is 0.165. The fourth-order valence-corrected chi connectivity index (χ4v) is 8.08. The lowest BCUT2D eigenvalue weighted by atomic mass is 9.74. The second-order valence-corrected chi connectivity index (χ2v) is 14.9. The Kier molecular flexibility index (Phi) is 10.2. The van der Waals surface area contributed by atoms with Gasteiger partial charge in [0, 0.05) is 22.8 Å². The summed E-state index contributed by atoms with van der Waals surface area (Å²) in [7, 11) is 0. The van der Waals surface area contributed by atoms with Gasteiger partial charge in [-0.1, -0.05) is 81.6 Å². The lowest BCUT2D eigenvalue weighted by molar-refractivity contribution is -0.153. The third kappa shape index (κ3) is 7.96. The van der Waals surface area contributed by atoms with Crippen molar-refractivity contribution in [2.75, 3.05) is 13.1 Å². The molecule has 2 fully saturated rings. The van der Waals surface area contributed by atoms with Crippen molar-refractivity contribution in [2.45, 2.75) is 96.9 Å². The summed E-state index contributed by atoms with van der Waals surface area (Å²) in [5.41, 5.74) is 8.20. The minimum absolute atomic E-state index is 0.534. The molecule has 0 amide bonds. The molecule has 1 saturated heterocycles. The number of aryl methyl sites for hydroxylation is 2. The van der Waals surface area contributed by atoms with Crippen LogP contribution in [0, 0.1) is 11.3 Å². The molecule has 4 aromatic rings. The van der Waals surface area contributed by atoms with Crippen LogP contribution < -0.4 is 0 Å². The van der Waals surface area contributed by atoms with Crippen molar-refractivity contribution in [1.29, 1.82) is 0 Å². The number of carboxylic acids is 1. The van der Waals surface area contributed by atoms with Crippen molar-refractivity contribution >= 4 is 17.3 Å². The third-order valence-electron chi connectivity index (χ3n) is 10.4. The van der Waals surface area contributed by atoms with Crippen LogP contribution in [0.4, 0.5) is 0 Å². The third-order valence-corrected chi connectivity index (χ3v) is 11.2. The number of rotatable bonds is 12. The number of carboxylic acid groups (broad SMARTS) is 1. The van der Waals surface area contributed by atoms with E-state index in [1.54, 1.807) is 11.3 Å². The normalized spacial score (nSPS) is 17.6. The van der Waals surface area contributed by atoms with Gasteiger partial charge >= 0.3 is 5.97 Å². The standard InChI is InChI=1S/C39H49N3O2S/c1-28(2)18-19-39(38(43)44)20-22-42(23-21-39)26-37-41-36(27-45-37)34-16-14-33(15-17-34)35-24-30(25-40-35)9-8-29-10-12-32(13-11-29)31-6-4-3-5-7-31/h10-17,24-25,27-28,31,40H,3-9,18-23,26H2,1-2H3,(H,43,44). The number of hydrogen-bond acceptors (Lipinski definition) is 4. The van der Waals surface area contributed by atoms with E-state index < -0.39 is 11.4 Å². The zero-order valence-electron chi connectivity index (χ0n) is 27.1. The summed E-state index contributed by atoms with van der Waals surface area (Å²) < 4.78 is 0. The number of H-pyrrole nitrogens is 1. The highest BCUT2D eigenvalue weighted by molar-refractivity contribution is 7.09. The molecule has 0 bridgehead atoms. The number of aromatic nitrogens is 2. The number of benzene rings is 2. The summed E-state index contributed by atoms with van der Waals surface area (Å²) >= 11 is 1.70. The molecule has 1 saturated carbocycles. The molecule has 2 aromatic heterocycles. The molecule has 2 N–H and O–H groups in total. The van der Waals surface area contributed by atoms with Gasteiger partial charge in [0.05, 0.1) is 17.7 Å². The van der Waals surface area contributed by atoms with E-state index in [0.717, 1.165) is 86.0 Å².